The zero-order valence-corrected chi connectivity index (χ0v) is 10.7. The molecule has 0 fully saturated rings. The Morgan fingerprint density at radius 1 is 1.21 bits per heavy atom. The van der Waals surface area contributed by atoms with E-state index in [1.165, 1.54) is 0 Å². The predicted octanol–water partition coefficient (Wildman–Crippen LogP) is 2.85. The van der Waals surface area contributed by atoms with Crippen LogP contribution in [0.2, 0.25) is 0 Å². The van der Waals surface area contributed by atoms with Crippen LogP contribution < -0.4 is 0 Å². The van der Waals surface area contributed by atoms with Gasteiger partial charge in [-0.05, 0) is 18.1 Å². The molecule has 0 spiro atoms. The molecule has 0 radical (unpaired) electrons. The molecule has 0 bridgehead atoms. The van der Waals surface area contributed by atoms with Crippen molar-refractivity contribution in [2.24, 2.45) is 0 Å². The summed E-state index contributed by atoms with van der Waals surface area (Å²) in [4.78, 5) is 0. The molecule has 0 aliphatic rings. The molecule has 0 saturated carbocycles. The van der Waals surface area contributed by atoms with Crippen molar-refractivity contribution in [3.05, 3.63) is 47.9 Å². The topological polar surface area (TPSA) is 52.6 Å². The van der Waals surface area contributed by atoms with Crippen LogP contribution in [0.3, 0.4) is 0 Å². The Morgan fingerprint density at radius 2 is 1.84 bits per heavy atom. The van der Waals surface area contributed by atoms with Gasteiger partial charge in [0.25, 0.3) is 0 Å². The summed E-state index contributed by atoms with van der Waals surface area (Å²) >= 11 is 0. The van der Waals surface area contributed by atoms with Crippen LogP contribution in [0, 0.1) is 6.92 Å². The summed E-state index contributed by atoms with van der Waals surface area (Å²) in [6.45, 7) is 1.94. The molecule has 0 unspecified atom stereocenters. The van der Waals surface area contributed by atoms with Crippen LogP contribution in [-0.4, -0.2) is 13.9 Å². The average molecular weight is 296 g/mol. The van der Waals surface area contributed by atoms with E-state index in [2.05, 4.69) is 4.18 Å². The van der Waals surface area contributed by atoms with Gasteiger partial charge in [-0.1, -0.05) is 24.3 Å². The molecule has 0 amide bonds. The number of ether oxygens (including phenoxy) is 1. The number of alkyl halides is 3. The van der Waals surface area contributed by atoms with E-state index in [1.54, 1.807) is 12.1 Å². The summed E-state index contributed by atoms with van der Waals surface area (Å²) in [6, 6.07) is 7.22. The lowest BCUT2D eigenvalue weighted by Gasteiger charge is -2.06. The molecule has 0 heterocycles. The second-order valence-electron chi connectivity index (χ2n) is 3.51. The first kappa shape index (κ1) is 15.4. The van der Waals surface area contributed by atoms with Gasteiger partial charge in [-0.2, -0.15) is 21.6 Å². The maximum Gasteiger partial charge on any atom is 0.534 e. The van der Waals surface area contributed by atoms with E-state index >= 15 is 0 Å². The smallest absolute Gasteiger partial charge is 0.493 e. The van der Waals surface area contributed by atoms with Crippen LogP contribution in [-0.2, 0) is 25.6 Å². The van der Waals surface area contributed by atoms with Crippen LogP contribution in [0.25, 0.3) is 0 Å². The van der Waals surface area contributed by atoms with Crippen molar-refractivity contribution in [2.75, 3.05) is 0 Å². The molecule has 1 aromatic rings. The second-order valence-corrected chi connectivity index (χ2v) is 5.07. The Labute approximate surface area is 108 Å². The van der Waals surface area contributed by atoms with Crippen LogP contribution in [0.15, 0.2) is 36.8 Å². The van der Waals surface area contributed by atoms with Gasteiger partial charge in [0.1, 0.15) is 19.1 Å². The Kier molecular flexibility index (Phi) is 4.82. The molecule has 19 heavy (non-hydrogen) atoms. The third kappa shape index (κ3) is 4.47. The van der Waals surface area contributed by atoms with E-state index in [9.17, 15) is 21.6 Å². The maximum absolute atomic E-state index is 11.9. The molecule has 0 N–H and O–H groups in total. The number of benzene rings is 1. The monoisotopic (exact) mass is 296 g/mol. The van der Waals surface area contributed by atoms with Gasteiger partial charge in [0.2, 0.25) is 0 Å². The highest BCUT2D eigenvalue weighted by molar-refractivity contribution is 7.87. The van der Waals surface area contributed by atoms with Crippen molar-refractivity contribution in [3.63, 3.8) is 0 Å². The largest absolute Gasteiger partial charge is 0.534 e. The highest BCUT2D eigenvalue weighted by Crippen LogP contribution is 2.24. The van der Waals surface area contributed by atoms with Crippen molar-refractivity contribution in [3.8, 4) is 0 Å². The lowest BCUT2D eigenvalue weighted by molar-refractivity contribution is -0.0516. The molecule has 1 aromatic carbocycles. The van der Waals surface area contributed by atoms with Gasteiger partial charge in [0.05, 0.1) is 0 Å². The van der Waals surface area contributed by atoms with Crippen LogP contribution in [0.5, 0.6) is 0 Å². The van der Waals surface area contributed by atoms with Gasteiger partial charge in [-0.25, -0.2) is 0 Å². The predicted molar refractivity (Wildman–Crippen MR) is 61.2 cm³/mol. The summed E-state index contributed by atoms with van der Waals surface area (Å²) in [7, 11) is -5.62. The standard InChI is InChI=1S/C11H11F3O4S/c1-9-4-2-3-5-10(9)8-17-6-7-18-19(15,16)11(12,13)14/h2-7H,8H2,1H3/b7-6-. The minimum Gasteiger partial charge on any atom is -0.493 e. The molecule has 1 rings (SSSR count). The zero-order valence-electron chi connectivity index (χ0n) is 9.85. The normalized spacial score (nSPS) is 12.6. The van der Waals surface area contributed by atoms with Crippen molar-refractivity contribution in [1.29, 1.82) is 0 Å². The number of hydrogen-bond acceptors (Lipinski definition) is 4. The highest BCUT2D eigenvalue weighted by Gasteiger charge is 2.47. The SMILES string of the molecule is Cc1ccccc1CO/C=C\OS(=O)(=O)C(F)(F)F. The van der Waals surface area contributed by atoms with Gasteiger partial charge in [-0.15, -0.1) is 0 Å². The molecule has 0 aromatic heterocycles. The van der Waals surface area contributed by atoms with Gasteiger partial charge < -0.3 is 8.92 Å². The first-order chi connectivity index (χ1) is 8.74. The number of halogens is 3. The van der Waals surface area contributed by atoms with Gasteiger partial charge in [-0.3, -0.25) is 0 Å². The Balaban J connectivity index is 2.47. The fourth-order valence-electron chi connectivity index (χ4n) is 1.10. The first-order valence-corrected chi connectivity index (χ1v) is 6.45. The lowest BCUT2D eigenvalue weighted by Crippen LogP contribution is -2.23. The van der Waals surface area contributed by atoms with Crippen LogP contribution in [0.1, 0.15) is 11.1 Å². The molecular weight excluding hydrogens is 285 g/mol. The van der Waals surface area contributed by atoms with Crippen molar-refractivity contribution in [2.45, 2.75) is 19.0 Å². The fourth-order valence-corrected chi connectivity index (χ4v) is 1.40. The zero-order chi connectivity index (χ0) is 14.5. The van der Waals surface area contributed by atoms with Crippen LogP contribution >= 0.6 is 0 Å². The number of aryl methyl sites for hydroxylation is 1. The van der Waals surface area contributed by atoms with Crippen molar-refractivity contribution in [1.82, 2.24) is 0 Å². The molecule has 4 nitrogen and oxygen atoms in total. The summed E-state index contributed by atoms with van der Waals surface area (Å²) in [5.74, 6) is 0. The number of hydrogen-bond donors (Lipinski definition) is 0. The summed E-state index contributed by atoms with van der Waals surface area (Å²) < 4.78 is 65.1. The summed E-state index contributed by atoms with van der Waals surface area (Å²) in [5.41, 5.74) is -3.68. The minimum absolute atomic E-state index is 0.0958. The van der Waals surface area contributed by atoms with E-state index in [0.717, 1.165) is 17.4 Å². The maximum atomic E-state index is 11.9. The quantitative estimate of drug-likeness (QED) is 0.476. The molecule has 0 aliphatic carbocycles. The van der Waals surface area contributed by atoms with E-state index in [0.29, 0.717) is 6.26 Å². The van der Waals surface area contributed by atoms with Gasteiger partial charge in [0.15, 0.2) is 0 Å². The molecule has 0 saturated heterocycles. The Hall–Kier alpha value is -1.70. The van der Waals surface area contributed by atoms with E-state index in [-0.39, 0.29) is 6.61 Å². The molecule has 106 valence electrons. The van der Waals surface area contributed by atoms with Gasteiger partial charge >= 0.3 is 15.6 Å². The van der Waals surface area contributed by atoms with Crippen LogP contribution in [0.4, 0.5) is 13.2 Å². The van der Waals surface area contributed by atoms with Gasteiger partial charge in [0, 0.05) is 0 Å². The lowest BCUT2D eigenvalue weighted by atomic mass is 10.1. The minimum atomic E-state index is -5.62. The average Bonchev–Trinajstić information content (AvgIpc) is 2.29. The van der Waals surface area contributed by atoms with E-state index < -0.39 is 15.6 Å². The highest BCUT2D eigenvalue weighted by atomic mass is 32.2. The Morgan fingerprint density at radius 3 is 2.42 bits per heavy atom. The third-order valence-corrected chi connectivity index (χ3v) is 3.05. The molecular formula is C11H11F3O4S. The number of rotatable bonds is 5. The first-order valence-electron chi connectivity index (χ1n) is 5.05. The van der Waals surface area contributed by atoms with E-state index in [1.807, 2.05) is 19.1 Å². The summed E-state index contributed by atoms with van der Waals surface area (Å²) in [6.07, 6.45) is 1.08. The molecule has 8 heteroatoms. The van der Waals surface area contributed by atoms with Crippen molar-refractivity contribution >= 4 is 10.1 Å². The van der Waals surface area contributed by atoms with Crippen molar-refractivity contribution < 1.29 is 30.5 Å². The molecule has 0 atom stereocenters. The molecule has 0 aliphatic heterocycles. The fraction of sp³-hybridized carbons (Fsp3) is 0.273. The summed E-state index contributed by atoms with van der Waals surface area (Å²) in [5, 5.41) is 0. The second kappa shape index (κ2) is 5.96. The Bertz CT molecular complexity index is 549. The third-order valence-electron chi connectivity index (χ3n) is 2.12. The van der Waals surface area contributed by atoms with E-state index in [4.69, 9.17) is 4.74 Å².